The smallest absolute Gasteiger partial charge is 0.308 e. The van der Waals surface area contributed by atoms with Crippen molar-refractivity contribution in [3.05, 3.63) is 35.9 Å². The molecule has 4 heteroatoms. The molecule has 2 atom stereocenters. The number of esters is 1. The van der Waals surface area contributed by atoms with E-state index in [1.165, 1.54) is 5.56 Å². The van der Waals surface area contributed by atoms with Crippen LogP contribution in [0.15, 0.2) is 30.3 Å². The lowest BCUT2D eigenvalue weighted by molar-refractivity contribution is -0.150. The minimum atomic E-state index is -0.103. The van der Waals surface area contributed by atoms with Gasteiger partial charge in [-0.3, -0.25) is 9.69 Å². The molecule has 0 radical (unpaired) electrons. The molecular formula is C17H23NO3. The molecule has 3 rings (SSSR count). The molecule has 1 aromatic carbocycles. The second kappa shape index (κ2) is 7.05. The average Bonchev–Trinajstić information content (AvgIpc) is 3.12. The molecular weight excluding hydrogens is 266 g/mol. The van der Waals surface area contributed by atoms with E-state index in [-0.39, 0.29) is 18.2 Å². The third kappa shape index (κ3) is 4.29. The van der Waals surface area contributed by atoms with E-state index in [9.17, 15) is 4.79 Å². The van der Waals surface area contributed by atoms with Crippen molar-refractivity contribution in [2.24, 2.45) is 0 Å². The Kier molecular flexibility index (Phi) is 4.88. The van der Waals surface area contributed by atoms with Crippen molar-refractivity contribution in [2.75, 3.05) is 19.7 Å². The van der Waals surface area contributed by atoms with Crippen LogP contribution in [0.4, 0.5) is 0 Å². The molecule has 0 N–H and O–H groups in total. The molecule has 0 amide bonds. The van der Waals surface area contributed by atoms with Gasteiger partial charge in [-0.15, -0.1) is 0 Å². The Morgan fingerprint density at radius 1 is 1.29 bits per heavy atom. The van der Waals surface area contributed by atoms with Crippen molar-refractivity contribution in [3.8, 4) is 0 Å². The summed E-state index contributed by atoms with van der Waals surface area (Å²) in [6.07, 6.45) is 3.52. The molecule has 4 nitrogen and oxygen atoms in total. The van der Waals surface area contributed by atoms with Crippen molar-refractivity contribution < 1.29 is 14.3 Å². The van der Waals surface area contributed by atoms with E-state index < -0.39 is 0 Å². The van der Waals surface area contributed by atoms with Gasteiger partial charge in [0.25, 0.3) is 0 Å². The fourth-order valence-electron chi connectivity index (χ4n) is 3.10. The highest BCUT2D eigenvalue weighted by molar-refractivity contribution is 5.70. The van der Waals surface area contributed by atoms with Crippen LogP contribution in [-0.2, 0) is 20.8 Å². The van der Waals surface area contributed by atoms with Crippen LogP contribution < -0.4 is 0 Å². The second-order valence-electron chi connectivity index (χ2n) is 5.96. The Hall–Kier alpha value is -1.39. The van der Waals surface area contributed by atoms with E-state index in [1.807, 2.05) is 6.07 Å². The quantitative estimate of drug-likeness (QED) is 0.780. The zero-order valence-electron chi connectivity index (χ0n) is 12.4. The van der Waals surface area contributed by atoms with Gasteiger partial charge in [0.1, 0.15) is 6.10 Å². The first kappa shape index (κ1) is 14.5. The Labute approximate surface area is 126 Å². The van der Waals surface area contributed by atoms with Crippen LogP contribution in [0.1, 0.15) is 31.2 Å². The zero-order valence-corrected chi connectivity index (χ0v) is 12.4. The van der Waals surface area contributed by atoms with E-state index >= 15 is 0 Å². The van der Waals surface area contributed by atoms with Crippen LogP contribution in [0.3, 0.4) is 0 Å². The summed E-state index contributed by atoms with van der Waals surface area (Å²) in [4.78, 5) is 14.2. The molecule has 0 aromatic heterocycles. The molecule has 21 heavy (non-hydrogen) atoms. The Bertz CT molecular complexity index is 456. The highest BCUT2D eigenvalue weighted by Gasteiger charge is 2.27. The van der Waals surface area contributed by atoms with E-state index in [1.54, 1.807) is 0 Å². The number of hydrogen-bond acceptors (Lipinski definition) is 4. The van der Waals surface area contributed by atoms with Crippen LogP contribution in [0.25, 0.3) is 0 Å². The predicted molar refractivity (Wildman–Crippen MR) is 79.8 cm³/mol. The highest BCUT2D eigenvalue weighted by atomic mass is 16.5. The third-order valence-electron chi connectivity index (χ3n) is 4.19. The van der Waals surface area contributed by atoms with Gasteiger partial charge in [-0.05, 0) is 24.8 Å². The molecule has 0 spiro atoms. The lowest BCUT2D eigenvalue weighted by Crippen LogP contribution is -2.26. The van der Waals surface area contributed by atoms with Crippen LogP contribution >= 0.6 is 0 Å². The molecule has 1 unspecified atom stereocenters. The molecule has 0 bridgehead atoms. The monoisotopic (exact) mass is 289 g/mol. The normalized spacial score (nSPS) is 26.1. The van der Waals surface area contributed by atoms with Crippen molar-refractivity contribution in [2.45, 2.75) is 44.4 Å². The summed E-state index contributed by atoms with van der Waals surface area (Å²) in [5, 5.41) is 0. The zero-order chi connectivity index (χ0) is 14.5. The number of benzene rings is 1. The van der Waals surface area contributed by atoms with Crippen molar-refractivity contribution in [3.63, 3.8) is 0 Å². The van der Waals surface area contributed by atoms with Gasteiger partial charge in [-0.25, -0.2) is 0 Å². The Morgan fingerprint density at radius 2 is 2.14 bits per heavy atom. The lowest BCUT2D eigenvalue weighted by atomic mass is 10.2. The van der Waals surface area contributed by atoms with Crippen molar-refractivity contribution in [1.82, 2.24) is 4.90 Å². The minimum Gasteiger partial charge on any atom is -0.461 e. The van der Waals surface area contributed by atoms with Crippen LogP contribution in [0.5, 0.6) is 0 Å². The number of hydrogen-bond donors (Lipinski definition) is 0. The topological polar surface area (TPSA) is 38.8 Å². The standard InChI is InChI=1S/C17H23NO3/c19-17(11-15-7-4-10-20-15)21-16-8-9-18(13-16)12-14-5-2-1-3-6-14/h1-3,5-6,15-16H,4,7-13H2/t15?,16-/m1/s1. The summed E-state index contributed by atoms with van der Waals surface area (Å²) in [6.45, 7) is 3.55. The van der Waals surface area contributed by atoms with Gasteiger partial charge in [0.05, 0.1) is 12.5 Å². The van der Waals surface area contributed by atoms with Gasteiger partial charge in [0.2, 0.25) is 0 Å². The average molecular weight is 289 g/mol. The molecule has 2 aliphatic rings. The van der Waals surface area contributed by atoms with Gasteiger partial charge in [0.15, 0.2) is 0 Å². The summed E-state index contributed by atoms with van der Waals surface area (Å²) in [6, 6.07) is 10.4. The number of ether oxygens (including phenoxy) is 2. The summed E-state index contributed by atoms with van der Waals surface area (Å²) >= 11 is 0. The minimum absolute atomic E-state index is 0.0441. The predicted octanol–water partition coefficient (Wildman–Crippen LogP) is 2.37. The Morgan fingerprint density at radius 3 is 2.90 bits per heavy atom. The van der Waals surface area contributed by atoms with Gasteiger partial charge < -0.3 is 9.47 Å². The maximum Gasteiger partial charge on any atom is 0.308 e. The molecule has 2 aliphatic heterocycles. The second-order valence-corrected chi connectivity index (χ2v) is 5.96. The van der Waals surface area contributed by atoms with E-state index in [4.69, 9.17) is 9.47 Å². The van der Waals surface area contributed by atoms with Crippen LogP contribution in [-0.4, -0.2) is 42.8 Å². The SMILES string of the molecule is O=C(CC1CCCO1)O[C@@H]1CCN(Cc2ccccc2)C1. The number of carbonyl (C=O) groups excluding carboxylic acids is 1. The molecule has 114 valence electrons. The maximum atomic E-state index is 11.9. The first-order valence-corrected chi connectivity index (χ1v) is 7.87. The van der Waals surface area contributed by atoms with Crippen molar-refractivity contribution in [1.29, 1.82) is 0 Å². The first-order valence-electron chi connectivity index (χ1n) is 7.87. The van der Waals surface area contributed by atoms with Gasteiger partial charge in [-0.2, -0.15) is 0 Å². The molecule has 0 aliphatic carbocycles. The Balaban J connectivity index is 1.41. The molecule has 2 saturated heterocycles. The summed E-state index contributed by atoms with van der Waals surface area (Å²) < 4.78 is 11.1. The number of likely N-dealkylation sites (tertiary alicyclic amines) is 1. The molecule has 1 aromatic rings. The third-order valence-corrected chi connectivity index (χ3v) is 4.19. The summed E-state index contributed by atoms with van der Waals surface area (Å²) in [5.74, 6) is -0.103. The molecule has 2 fully saturated rings. The maximum absolute atomic E-state index is 11.9. The highest BCUT2D eigenvalue weighted by Crippen LogP contribution is 2.19. The fraction of sp³-hybridized carbons (Fsp3) is 0.588. The summed E-state index contributed by atoms with van der Waals surface area (Å²) in [7, 11) is 0. The number of rotatable bonds is 5. The van der Waals surface area contributed by atoms with Gasteiger partial charge >= 0.3 is 5.97 Å². The lowest BCUT2D eigenvalue weighted by Gasteiger charge is -2.17. The van der Waals surface area contributed by atoms with E-state index in [0.29, 0.717) is 6.42 Å². The fourth-order valence-corrected chi connectivity index (χ4v) is 3.10. The number of carbonyl (C=O) groups is 1. The first-order chi connectivity index (χ1) is 10.3. The van der Waals surface area contributed by atoms with Gasteiger partial charge in [-0.1, -0.05) is 30.3 Å². The molecule has 2 heterocycles. The van der Waals surface area contributed by atoms with Crippen molar-refractivity contribution >= 4 is 5.97 Å². The van der Waals surface area contributed by atoms with Gasteiger partial charge in [0, 0.05) is 26.2 Å². The van der Waals surface area contributed by atoms with Crippen LogP contribution in [0.2, 0.25) is 0 Å². The molecule has 0 saturated carbocycles. The van der Waals surface area contributed by atoms with Crippen LogP contribution in [0, 0.1) is 0 Å². The summed E-state index contributed by atoms with van der Waals surface area (Å²) in [5.41, 5.74) is 1.31. The largest absolute Gasteiger partial charge is 0.461 e. The van der Waals surface area contributed by atoms with E-state index in [2.05, 4.69) is 29.2 Å². The number of nitrogens with zero attached hydrogens (tertiary/aromatic N) is 1. The van der Waals surface area contributed by atoms with E-state index in [0.717, 1.165) is 45.5 Å².